The van der Waals surface area contributed by atoms with Crippen molar-refractivity contribution in [1.29, 1.82) is 0 Å². The van der Waals surface area contributed by atoms with Gasteiger partial charge in [-0.3, -0.25) is 19.7 Å². The third kappa shape index (κ3) is 5.40. The summed E-state index contributed by atoms with van der Waals surface area (Å²) in [4.78, 5) is 26.6. The Bertz CT molecular complexity index is 1420. The lowest BCUT2D eigenvalue weighted by Gasteiger charge is -2.38. The van der Waals surface area contributed by atoms with Crippen LogP contribution < -0.4 is 10.2 Å². The summed E-state index contributed by atoms with van der Waals surface area (Å²) >= 11 is 0. The Morgan fingerprint density at radius 3 is 2.42 bits per heavy atom. The molecule has 12 heteroatoms. The number of nitrogens with one attached hydrogen (secondary N) is 1. The zero-order valence-electron chi connectivity index (χ0n) is 22.4. The van der Waals surface area contributed by atoms with Crippen LogP contribution in [0.15, 0.2) is 43.1 Å². The van der Waals surface area contributed by atoms with E-state index < -0.39 is 0 Å². The second kappa shape index (κ2) is 10.7. The number of carbonyl (C=O) groups excluding carboxylic acids is 1. The number of hydrogen-bond acceptors (Lipinski definition) is 9. The van der Waals surface area contributed by atoms with Crippen LogP contribution >= 0.6 is 0 Å². The second-order valence-electron chi connectivity index (χ2n) is 10.1. The first-order valence-electron chi connectivity index (χ1n) is 12.9. The number of hydrogen-bond donors (Lipinski definition) is 1. The minimum atomic E-state index is -0.329. The van der Waals surface area contributed by atoms with Gasteiger partial charge in [-0.1, -0.05) is 10.4 Å². The summed E-state index contributed by atoms with van der Waals surface area (Å²) < 4.78 is 3.32. The second-order valence-corrected chi connectivity index (χ2v) is 10.1. The SMILES string of the molecule is Cc1ncc(C(=O)Nc2cn(C(C)C)nn2)cc1-n1cc(-c2cncc(N3CCN(C(C)C)CC3)c2)nn1. The molecule has 198 valence electrons. The summed E-state index contributed by atoms with van der Waals surface area (Å²) in [6.45, 7) is 14.3. The van der Waals surface area contributed by atoms with E-state index in [0.29, 0.717) is 28.8 Å². The van der Waals surface area contributed by atoms with Gasteiger partial charge in [0.2, 0.25) is 0 Å². The van der Waals surface area contributed by atoms with Crippen molar-refractivity contribution in [3.63, 3.8) is 0 Å². The van der Waals surface area contributed by atoms with Gasteiger partial charge in [-0.05, 0) is 46.8 Å². The van der Waals surface area contributed by atoms with Gasteiger partial charge in [0.25, 0.3) is 5.91 Å². The number of pyridine rings is 2. The van der Waals surface area contributed by atoms with E-state index >= 15 is 0 Å². The van der Waals surface area contributed by atoms with Crippen LogP contribution in [0.5, 0.6) is 0 Å². The van der Waals surface area contributed by atoms with Gasteiger partial charge in [0, 0.05) is 56.2 Å². The lowest BCUT2D eigenvalue weighted by molar-refractivity contribution is 0.102. The minimum Gasteiger partial charge on any atom is -0.368 e. The molecule has 12 nitrogen and oxygen atoms in total. The fourth-order valence-electron chi connectivity index (χ4n) is 4.40. The van der Waals surface area contributed by atoms with Gasteiger partial charge >= 0.3 is 0 Å². The van der Waals surface area contributed by atoms with Gasteiger partial charge < -0.3 is 10.2 Å². The van der Waals surface area contributed by atoms with Crippen LogP contribution in [-0.2, 0) is 0 Å². The maximum Gasteiger partial charge on any atom is 0.258 e. The number of piperazine rings is 1. The Hall–Kier alpha value is -4.19. The van der Waals surface area contributed by atoms with E-state index in [1.54, 1.807) is 27.8 Å². The summed E-state index contributed by atoms with van der Waals surface area (Å²) in [6, 6.07) is 4.55. The highest BCUT2D eigenvalue weighted by Crippen LogP contribution is 2.24. The zero-order valence-corrected chi connectivity index (χ0v) is 22.4. The topological polar surface area (TPSA) is 123 Å². The molecule has 0 radical (unpaired) electrons. The molecule has 1 saturated heterocycles. The van der Waals surface area contributed by atoms with E-state index in [4.69, 9.17) is 0 Å². The number of nitrogens with zero attached hydrogens (tertiary/aromatic N) is 10. The molecule has 1 fully saturated rings. The average Bonchev–Trinajstić information content (AvgIpc) is 3.59. The average molecular weight is 516 g/mol. The Morgan fingerprint density at radius 2 is 1.71 bits per heavy atom. The lowest BCUT2D eigenvalue weighted by Crippen LogP contribution is -2.48. The summed E-state index contributed by atoms with van der Waals surface area (Å²) in [5.41, 5.74) is 4.42. The molecular weight excluding hydrogens is 482 g/mol. The Kier molecular flexibility index (Phi) is 7.14. The van der Waals surface area contributed by atoms with Crippen molar-refractivity contribution < 1.29 is 4.79 Å². The maximum atomic E-state index is 12.9. The molecule has 0 bridgehead atoms. The van der Waals surface area contributed by atoms with E-state index in [1.807, 2.05) is 33.2 Å². The number of rotatable bonds is 7. The van der Waals surface area contributed by atoms with Crippen molar-refractivity contribution in [3.8, 4) is 16.9 Å². The smallest absolute Gasteiger partial charge is 0.258 e. The van der Waals surface area contributed by atoms with E-state index in [0.717, 1.165) is 43.1 Å². The van der Waals surface area contributed by atoms with Crippen molar-refractivity contribution in [3.05, 3.63) is 54.4 Å². The Morgan fingerprint density at radius 1 is 0.921 bits per heavy atom. The molecule has 0 saturated carbocycles. The zero-order chi connectivity index (χ0) is 26.8. The summed E-state index contributed by atoms with van der Waals surface area (Å²) in [5, 5.41) is 19.5. The highest BCUT2D eigenvalue weighted by molar-refractivity contribution is 6.03. The molecule has 5 rings (SSSR count). The standard InChI is InChI=1S/C26H33N11O/c1-17(2)34-6-8-35(9-7-34)22-10-20(12-27-14-22)23-15-37(32-30-23)24-11-21(13-28-19(24)5)26(38)29-25-16-36(18(3)4)33-31-25/h10-18H,6-9H2,1-5H3,(H,29,38). The fourth-order valence-corrected chi connectivity index (χ4v) is 4.40. The monoisotopic (exact) mass is 515 g/mol. The van der Waals surface area contributed by atoms with Gasteiger partial charge in [0.1, 0.15) is 5.69 Å². The van der Waals surface area contributed by atoms with Crippen molar-refractivity contribution in [2.75, 3.05) is 36.4 Å². The van der Waals surface area contributed by atoms with Crippen molar-refractivity contribution in [2.24, 2.45) is 0 Å². The molecule has 4 aromatic rings. The molecule has 38 heavy (non-hydrogen) atoms. The van der Waals surface area contributed by atoms with Crippen LogP contribution in [0.4, 0.5) is 11.5 Å². The first kappa shape index (κ1) is 25.5. The molecular formula is C26H33N11O. The molecule has 1 amide bonds. The molecule has 0 aromatic carbocycles. The first-order valence-corrected chi connectivity index (χ1v) is 12.9. The molecule has 0 spiro atoms. The van der Waals surface area contributed by atoms with Crippen molar-refractivity contribution in [1.82, 2.24) is 44.9 Å². The van der Waals surface area contributed by atoms with E-state index in [-0.39, 0.29) is 11.9 Å². The molecule has 1 aliphatic rings. The third-order valence-electron chi connectivity index (χ3n) is 6.77. The highest BCUT2D eigenvalue weighted by Gasteiger charge is 2.20. The Balaban J connectivity index is 1.33. The molecule has 1 N–H and O–H groups in total. The lowest BCUT2D eigenvalue weighted by atomic mass is 10.2. The molecule has 4 aromatic heterocycles. The Labute approximate surface area is 221 Å². The summed E-state index contributed by atoms with van der Waals surface area (Å²) in [7, 11) is 0. The van der Waals surface area contributed by atoms with Crippen LogP contribution in [0.25, 0.3) is 16.9 Å². The minimum absolute atomic E-state index is 0.147. The largest absolute Gasteiger partial charge is 0.368 e. The molecule has 0 aliphatic carbocycles. The number of carbonyl (C=O) groups is 1. The first-order chi connectivity index (χ1) is 18.3. The van der Waals surface area contributed by atoms with Gasteiger partial charge in [-0.15, -0.1) is 10.2 Å². The van der Waals surface area contributed by atoms with Crippen LogP contribution in [-0.4, -0.2) is 83.0 Å². The van der Waals surface area contributed by atoms with Crippen molar-refractivity contribution in [2.45, 2.75) is 46.7 Å². The fraction of sp³-hybridized carbons (Fsp3) is 0.423. The number of anilines is 2. The predicted octanol–water partition coefficient (Wildman–Crippen LogP) is 2.99. The molecule has 5 heterocycles. The van der Waals surface area contributed by atoms with Crippen LogP contribution in [0.1, 0.15) is 49.8 Å². The van der Waals surface area contributed by atoms with Crippen LogP contribution in [0.3, 0.4) is 0 Å². The van der Waals surface area contributed by atoms with Gasteiger partial charge in [-0.2, -0.15) is 0 Å². The number of amides is 1. The van der Waals surface area contributed by atoms with E-state index in [9.17, 15) is 4.79 Å². The van der Waals surface area contributed by atoms with Crippen LogP contribution in [0, 0.1) is 6.92 Å². The third-order valence-corrected chi connectivity index (χ3v) is 6.77. The number of aromatic nitrogens is 8. The van der Waals surface area contributed by atoms with E-state index in [1.165, 1.54) is 6.20 Å². The van der Waals surface area contributed by atoms with Gasteiger partial charge in [0.05, 0.1) is 41.2 Å². The molecule has 0 atom stereocenters. The molecule has 0 unspecified atom stereocenters. The summed E-state index contributed by atoms with van der Waals surface area (Å²) in [5.74, 6) is 0.0521. The summed E-state index contributed by atoms with van der Waals surface area (Å²) in [6.07, 6.45) is 8.75. The predicted molar refractivity (Wildman–Crippen MR) is 144 cm³/mol. The van der Waals surface area contributed by atoms with E-state index in [2.05, 4.69) is 65.6 Å². The highest BCUT2D eigenvalue weighted by atomic mass is 16.1. The van der Waals surface area contributed by atoms with Gasteiger partial charge in [-0.25, -0.2) is 9.36 Å². The van der Waals surface area contributed by atoms with Crippen LogP contribution in [0.2, 0.25) is 0 Å². The quantitative estimate of drug-likeness (QED) is 0.396. The maximum absolute atomic E-state index is 12.9. The normalized spacial score (nSPS) is 14.4. The molecule has 1 aliphatic heterocycles. The van der Waals surface area contributed by atoms with Crippen molar-refractivity contribution >= 4 is 17.4 Å². The number of aryl methyl sites for hydroxylation is 1. The van der Waals surface area contributed by atoms with Gasteiger partial charge in [0.15, 0.2) is 5.82 Å².